The Kier molecular flexibility index (Phi) is 10.2. The van der Waals surface area contributed by atoms with Gasteiger partial charge in [0.1, 0.15) is 24.3 Å². The summed E-state index contributed by atoms with van der Waals surface area (Å²) in [6.07, 6.45) is 2.66. The lowest BCUT2D eigenvalue weighted by atomic mass is 10.1. The molecule has 0 N–H and O–H groups in total. The highest BCUT2D eigenvalue weighted by molar-refractivity contribution is 5.67. The van der Waals surface area contributed by atoms with E-state index in [-0.39, 0.29) is 12.7 Å². The standard InChI is InChI=1S/C28H31F3N2O4/c1-3-33(4-2)27(34)35-18-6-5-7-21-10-15-25(16-11-21)36-19-24-20-37-26(32-24)17-12-22-8-13-23(14-9-22)28(29,30)31/h8-17,20H,3-7,18-19H2,1-2H3. The molecule has 0 atom stereocenters. The number of rotatable bonds is 12. The lowest BCUT2D eigenvalue weighted by molar-refractivity contribution is -0.137. The number of benzene rings is 2. The van der Waals surface area contributed by atoms with Crippen molar-refractivity contribution < 1.29 is 31.9 Å². The van der Waals surface area contributed by atoms with Crippen LogP contribution in [0.5, 0.6) is 5.75 Å². The summed E-state index contributed by atoms with van der Waals surface area (Å²) in [7, 11) is 0. The molecule has 0 aliphatic carbocycles. The number of hydrogen-bond acceptors (Lipinski definition) is 5. The summed E-state index contributed by atoms with van der Waals surface area (Å²) < 4.78 is 54.4. The number of halogens is 3. The molecule has 37 heavy (non-hydrogen) atoms. The predicted molar refractivity (Wildman–Crippen MR) is 135 cm³/mol. The molecule has 0 unspecified atom stereocenters. The van der Waals surface area contributed by atoms with E-state index < -0.39 is 11.7 Å². The second-order valence-electron chi connectivity index (χ2n) is 8.31. The molecule has 0 fully saturated rings. The van der Waals surface area contributed by atoms with Crippen LogP contribution in [-0.4, -0.2) is 35.7 Å². The minimum atomic E-state index is -4.36. The predicted octanol–water partition coefficient (Wildman–Crippen LogP) is 7.24. The van der Waals surface area contributed by atoms with Gasteiger partial charge in [-0.25, -0.2) is 9.78 Å². The number of aryl methyl sites for hydroxylation is 1. The largest absolute Gasteiger partial charge is 0.487 e. The Morgan fingerprint density at radius 3 is 2.35 bits per heavy atom. The fraction of sp³-hybridized carbons (Fsp3) is 0.357. The highest BCUT2D eigenvalue weighted by Gasteiger charge is 2.29. The van der Waals surface area contributed by atoms with Crippen LogP contribution >= 0.6 is 0 Å². The van der Waals surface area contributed by atoms with Crippen LogP contribution in [0.25, 0.3) is 12.2 Å². The molecular formula is C28H31F3N2O4. The smallest absolute Gasteiger partial charge is 0.416 e. The number of oxazole rings is 1. The van der Waals surface area contributed by atoms with E-state index >= 15 is 0 Å². The van der Waals surface area contributed by atoms with Crippen molar-refractivity contribution in [2.24, 2.45) is 0 Å². The van der Waals surface area contributed by atoms with Gasteiger partial charge >= 0.3 is 12.3 Å². The van der Waals surface area contributed by atoms with E-state index in [2.05, 4.69) is 4.98 Å². The monoisotopic (exact) mass is 516 g/mol. The fourth-order valence-electron chi connectivity index (χ4n) is 3.49. The number of nitrogens with zero attached hydrogens (tertiary/aromatic N) is 2. The molecule has 2 aromatic carbocycles. The summed E-state index contributed by atoms with van der Waals surface area (Å²) in [4.78, 5) is 17.8. The first-order valence-electron chi connectivity index (χ1n) is 12.2. The molecule has 0 bridgehead atoms. The van der Waals surface area contributed by atoms with Crippen LogP contribution in [0.4, 0.5) is 18.0 Å². The normalized spacial score (nSPS) is 11.6. The summed E-state index contributed by atoms with van der Waals surface area (Å²) in [6, 6.07) is 12.6. The van der Waals surface area contributed by atoms with Gasteiger partial charge in [0.25, 0.3) is 0 Å². The average Bonchev–Trinajstić information content (AvgIpc) is 3.35. The van der Waals surface area contributed by atoms with Crippen molar-refractivity contribution in [3.05, 3.63) is 83.1 Å². The van der Waals surface area contributed by atoms with Gasteiger partial charge in [0.2, 0.25) is 5.89 Å². The van der Waals surface area contributed by atoms with Crippen molar-refractivity contribution in [3.63, 3.8) is 0 Å². The maximum absolute atomic E-state index is 12.7. The number of amides is 1. The summed E-state index contributed by atoms with van der Waals surface area (Å²) in [6.45, 7) is 5.77. The summed E-state index contributed by atoms with van der Waals surface area (Å²) in [5.74, 6) is 1.03. The van der Waals surface area contributed by atoms with Crippen LogP contribution in [0.15, 0.2) is 59.2 Å². The number of alkyl halides is 3. The van der Waals surface area contributed by atoms with Crippen molar-refractivity contribution in [3.8, 4) is 5.75 Å². The summed E-state index contributed by atoms with van der Waals surface area (Å²) >= 11 is 0. The van der Waals surface area contributed by atoms with Crippen LogP contribution < -0.4 is 4.74 Å². The zero-order valence-corrected chi connectivity index (χ0v) is 21.0. The fourth-order valence-corrected chi connectivity index (χ4v) is 3.49. The first kappa shape index (κ1) is 27.8. The van der Waals surface area contributed by atoms with E-state index in [1.807, 2.05) is 38.1 Å². The van der Waals surface area contributed by atoms with Gasteiger partial charge in [-0.2, -0.15) is 13.2 Å². The molecule has 0 aliphatic rings. The van der Waals surface area contributed by atoms with Crippen LogP contribution in [0.1, 0.15) is 55.0 Å². The van der Waals surface area contributed by atoms with E-state index in [0.717, 1.165) is 31.4 Å². The van der Waals surface area contributed by atoms with Crippen LogP contribution in [0.2, 0.25) is 0 Å². The van der Waals surface area contributed by atoms with Gasteiger partial charge in [-0.3, -0.25) is 0 Å². The number of carbonyl (C=O) groups excluding carboxylic acids is 1. The number of aromatic nitrogens is 1. The van der Waals surface area contributed by atoms with Crippen LogP contribution in [-0.2, 0) is 23.9 Å². The zero-order valence-electron chi connectivity index (χ0n) is 21.0. The number of unbranched alkanes of at least 4 members (excludes halogenated alkanes) is 1. The quantitative estimate of drug-likeness (QED) is 0.237. The molecule has 9 heteroatoms. The van der Waals surface area contributed by atoms with E-state index in [1.165, 1.54) is 24.0 Å². The van der Waals surface area contributed by atoms with Gasteiger partial charge in [0, 0.05) is 19.2 Å². The van der Waals surface area contributed by atoms with Crippen molar-refractivity contribution in [1.82, 2.24) is 9.88 Å². The first-order valence-corrected chi connectivity index (χ1v) is 12.2. The second kappa shape index (κ2) is 13.5. The molecule has 3 rings (SSSR count). The molecule has 1 heterocycles. The molecule has 0 spiro atoms. The maximum atomic E-state index is 12.7. The Morgan fingerprint density at radius 2 is 1.70 bits per heavy atom. The van der Waals surface area contributed by atoms with Crippen molar-refractivity contribution in [2.45, 2.75) is 45.9 Å². The minimum Gasteiger partial charge on any atom is -0.487 e. The Balaban J connectivity index is 1.38. The third kappa shape index (κ3) is 9.00. The van der Waals surface area contributed by atoms with Crippen molar-refractivity contribution in [2.75, 3.05) is 19.7 Å². The molecule has 198 valence electrons. The topological polar surface area (TPSA) is 64.8 Å². The van der Waals surface area contributed by atoms with Gasteiger partial charge in [0.05, 0.1) is 12.2 Å². The van der Waals surface area contributed by atoms with E-state index in [4.69, 9.17) is 13.9 Å². The molecule has 0 saturated carbocycles. The van der Waals surface area contributed by atoms with Crippen molar-refractivity contribution >= 4 is 18.2 Å². The van der Waals surface area contributed by atoms with Gasteiger partial charge in [-0.1, -0.05) is 24.3 Å². The molecule has 1 aromatic heterocycles. The highest BCUT2D eigenvalue weighted by Crippen LogP contribution is 2.29. The third-order valence-corrected chi connectivity index (χ3v) is 5.64. The molecule has 1 amide bonds. The number of hydrogen-bond donors (Lipinski definition) is 0. The Hall–Kier alpha value is -3.75. The lowest BCUT2D eigenvalue weighted by Gasteiger charge is -2.17. The van der Waals surface area contributed by atoms with Crippen molar-refractivity contribution in [1.29, 1.82) is 0 Å². The third-order valence-electron chi connectivity index (χ3n) is 5.64. The first-order chi connectivity index (χ1) is 17.8. The molecule has 0 radical (unpaired) electrons. The molecular weight excluding hydrogens is 485 g/mol. The Bertz CT molecular complexity index is 1140. The van der Waals surface area contributed by atoms with Crippen LogP contribution in [0, 0.1) is 0 Å². The molecule has 3 aromatic rings. The zero-order chi connectivity index (χ0) is 26.7. The van der Waals surface area contributed by atoms with E-state index in [9.17, 15) is 18.0 Å². The Morgan fingerprint density at radius 1 is 1.00 bits per heavy atom. The number of ether oxygens (including phenoxy) is 2. The van der Waals surface area contributed by atoms with Gasteiger partial charge in [0.15, 0.2) is 0 Å². The minimum absolute atomic E-state index is 0.217. The summed E-state index contributed by atoms with van der Waals surface area (Å²) in [5, 5.41) is 0. The van der Waals surface area contributed by atoms with E-state index in [1.54, 1.807) is 17.1 Å². The maximum Gasteiger partial charge on any atom is 0.416 e. The highest BCUT2D eigenvalue weighted by atomic mass is 19.4. The molecule has 6 nitrogen and oxygen atoms in total. The second-order valence-corrected chi connectivity index (χ2v) is 8.31. The number of carbonyl (C=O) groups is 1. The van der Waals surface area contributed by atoms with Gasteiger partial charge < -0.3 is 18.8 Å². The SMILES string of the molecule is CCN(CC)C(=O)OCCCCc1ccc(OCc2coc(C=Cc3ccc(C(F)(F)F)cc3)n2)cc1. The van der Waals surface area contributed by atoms with Gasteiger partial charge in [-0.15, -0.1) is 0 Å². The lowest BCUT2D eigenvalue weighted by Crippen LogP contribution is -2.31. The Labute approximate surface area is 214 Å². The van der Waals surface area contributed by atoms with E-state index in [0.29, 0.717) is 42.6 Å². The average molecular weight is 517 g/mol. The summed E-state index contributed by atoms with van der Waals surface area (Å²) in [5.41, 5.74) is 1.67. The molecule has 0 saturated heterocycles. The van der Waals surface area contributed by atoms with Gasteiger partial charge in [-0.05, 0) is 74.6 Å². The molecule has 0 aliphatic heterocycles. The van der Waals surface area contributed by atoms with Crippen LogP contribution in [0.3, 0.4) is 0 Å².